The van der Waals surface area contributed by atoms with Crippen molar-refractivity contribution in [1.82, 2.24) is 4.90 Å². The molecule has 0 spiro atoms. The third kappa shape index (κ3) is 5.44. The van der Waals surface area contributed by atoms with Crippen LogP contribution in [0.25, 0.3) is 0 Å². The van der Waals surface area contributed by atoms with E-state index in [1.165, 1.54) is 7.11 Å². The molecule has 1 heterocycles. The van der Waals surface area contributed by atoms with Crippen LogP contribution >= 0.6 is 23.2 Å². The first-order chi connectivity index (χ1) is 13.9. The zero-order chi connectivity index (χ0) is 20.9. The second-order valence-corrected chi connectivity index (χ2v) is 8.62. The van der Waals surface area contributed by atoms with E-state index < -0.39 is 5.41 Å². The molecule has 0 bridgehead atoms. The molecule has 2 aromatic rings. The summed E-state index contributed by atoms with van der Waals surface area (Å²) in [5.74, 6) is -0.175. The zero-order valence-corrected chi connectivity index (χ0v) is 18.5. The van der Waals surface area contributed by atoms with E-state index in [4.69, 9.17) is 27.9 Å². The number of anilines is 1. The maximum absolute atomic E-state index is 12.5. The number of piperazine rings is 1. The molecule has 6 heteroatoms. The first kappa shape index (κ1) is 21.9. The van der Waals surface area contributed by atoms with Gasteiger partial charge in [-0.15, -0.1) is 0 Å². The monoisotopic (exact) mass is 434 g/mol. The van der Waals surface area contributed by atoms with Crippen LogP contribution in [0.15, 0.2) is 48.5 Å². The van der Waals surface area contributed by atoms with Crippen LogP contribution in [0.5, 0.6) is 0 Å². The van der Waals surface area contributed by atoms with Crippen molar-refractivity contribution in [3.05, 3.63) is 64.1 Å². The van der Waals surface area contributed by atoms with Crippen molar-refractivity contribution in [2.75, 3.05) is 44.7 Å². The van der Waals surface area contributed by atoms with Crippen LogP contribution in [-0.4, -0.2) is 50.7 Å². The Bertz CT molecular complexity index is 803. The molecule has 3 rings (SSSR count). The summed E-state index contributed by atoms with van der Waals surface area (Å²) in [6.07, 6.45) is 1.69. The highest BCUT2D eigenvalue weighted by Gasteiger charge is 2.35. The Morgan fingerprint density at radius 1 is 1.03 bits per heavy atom. The molecule has 0 aromatic heterocycles. The predicted octanol–water partition coefficient (Wildman–Crippen LogP) is 5.03. The Morgan fingerprint density at radius 2 is 1.66 bits per heavy atom. The van der Waals surface area contributed by atoms with Crippen molar-refractivity contribution in [2.45, 2.75) is 25.2 Å². The molecular formula is C23H28Cl2N2O2. The van der Waals surface area contributed by atoms with E-state index in [0.717, 1.165) is 56.8 Å². The highest BCUT2D eigenvalue weighted by atomic mass is 35.5. The van der Waals surface area contributed by atoms with Gasteiger partial charge >= 0.3 is 5.97 Å². The topological polar surface area (TPSA) is 32.8 Å². The van der Waals surface area contributed by atoms with E-state index in [1.54, 1.807) is 6.07 Å². The Morgan fingerprint density at radius 3 is 2.24 bits per heavy atom. The van der Waals surface area contributed by atoms with Crippen LogP contribution in [0, 0.1) is 0 Å². The van der Waals surface area contributed by atoms with Gasteiger partial charge in [-0.2, -0.15) is 0 Å². The van der Waals surface area contributed by atoms with E-state index in [0.29, 0.717) is 10.0 Å². The van der Waals surface area contributed by atoms with E-state index >= 15 is 0 Å². The lowest BCUT2D eigenvalue weighted by Gasteiger charge is -2.37. The summed E-state index contributed by atoms with van der Waals surface area (Å²) in [5.41, 5.74) is 1.47. The van der Waals surface area contributed by atoms with Gasteiger partial charge in [0.1, 0.15) is 0 Å². The third-order valence-corrected chi connectivity index (χ3v) is 6.22. The number of esters is 1. The highest BCUT2D eigenvalue weighted by Crippen LogP contribution is 2.31. The average molecular weight is 435 g/mol. The van der Waals surface area contributed by atoms with Crippen molar-refractivity contribution < 1.29 is 9.53 Å². The maximum Gasteiger partial charge on any atom is 0.315 e. The number of carbonyl (C=O) groups is 1. The van der Waals surface area contributed by atoms with Crippen molar-refractivity contribution in [1.29, 1.82) is 0 Å². The molecule has 29 heavy (non-hydrogen) atoms. The van der Waals surface area contributed by atoms with Crippen LogP contribution < -0.4 is 4.90 Å². The van der Waals surface area contributed by atoms with Crippen LogP contribution in [0.1, 0.15) is 25.3 Å². The average Bonchev–Trinajstić information content (AvgIpc) is 2.73. The smallest absolute Gasteiger partial charge is 0.315 e. The van der Waals surface area contributed by atoms with Gasteiger partial charge in [-0.05, 0) is 50.1 Å². The van der Waals surface area contributed by atoms with Crippen molar-refractivity contribution in [3.63, 3.8) is 0 Å². The van der Waals surface area contributed by atoms with Gasteiger partial charge < -0.3 is 9.64 Å². The Labute approximate surface area is 183 Å². The van der Waals surface area contributed by atoms with E-state index in [9.17, 15) is 4.79 Å². The van der Waals surface area contributed by atoms with E-state index in [-0.39, 0.29) is 5.97 Å². The molecular weight excluding hydrogens is 407 g/mol. The molecule has 0 aliphatic carbocycles. The standard InChI is InChI=1S/C23H28Cl2N2O2/c1-23(22(28)29-2,18-7-4-3-5-8-18)9-6-10-26-11-13-27(14-12-26)21-16-19(24)15-20(25)17-21/h3-5,7-8,15-17H,6,9-14H2,1-2H3. The Kier molecular flexibility index (Phi) is 7.44. The summed E-state index contributed by atoms with van der Waals surface area (Å²) < 4.78 is 5.11. The molecule has 0 saturated carbocycles. The number of carbonyl (C=O) groups excluding carboxylic acids is 1. The van der Waals surface area contributed by atoms with Crippen molar-refractivity contribution in [2.24, 2.45) is 0 Å². The molecule has 2 aromatic carbocycles. The van der Waals surface area contributed by atoms with Crippen LogP contribution in [0.2, 0.25) is 10.0 Å². The molecule has 1 atom stereocenters. The lowest BCUT2D eigenvalue weighted by Crippen LogP contribution is -2.47. The lowest BCUT2D eigenvalue weighted by molar-refractivity contribution is -0.147. The highest BCUT2D eigenvalue weighted by molar-refractivity contribution is 6.35. The summed E-state index contributed by atoms with van der Waals surface area (Å²) in [7, 11) is 1.46. The fraction of sp³-hybridized carbons (Fsp3) is 0.435. The summed E-state index contributed by atoms with van der Waals surface area (Å²) >= 11 is 12.3. The second-order valence-electron chi connectivity index (χ2n) is 7.75. The summed E-state index contributed by atoms with van der Waals surface area (Å²) in [4.78, 5) is 17.3. The summed E-state index contributed by atoms with van der Waals surface area (Å²) in [6, 6.07) is 15.6. The zero-order valence-electron chi connectivity index (χ0n) is 17.0. The fourth-order valence-corrected chi connectivity index (χ4v) is 4.52. The number of hydrogen-bond acceptors (Lipinski definition) is 4. The predicted molar refractivity (Wildman–Crippen MR) is 120 cm³/mol. The first-order valence-electron chi connectivity index (χ1n) is 10.00. The molecule has 1 aliphatic rings. The third-order valence-electron chi connectivity index (χ3n) is 5.78. The largest absolute Gasteiger partial charge is 0.468 e. The second kappa shape index (κ2) is 9.84. The minimum atomic E-state index is -0.616. The van der Waals surface area contributed by atoms with Gasteiger partial charge in [0.2, 0.25) is 0 Å². The molecule has 0 amide bonds. The summed E-state index contributed by atoms with van der Waals surface area (Å²) in [5, 5.41) is 1.33. The van der Waals surface area contributed by atoms with Crippen LogP contribution in [-0.2, 0) is 14.9 Å². The van der Waals surface area contributed by atoms with Gasteiger partial charge in [-0.3, -0.25) is 9.69 Å². The molecule has 4 nitrogen and oxygen atoms in total. The number of halogens is 2. The van der Waals surface area contributed by atoms with E-state index in [1.807, 2.05) is 49.4 Å². The van der Waals surface area contributed by atoms with Gasteiger partial charge in [0.15, 0.2) is 0 Å². The molecule has 156 valence electrons. The maximum atomic E-state index is 12.5. The Balaban J connectivity index is 1.53. The van der Waals surface area contributed by atoms with Crippen molar-refractivity contribution in [3.8, 4) is 0 Å². The van der Waals surface area contributed by atoms with E-state index in [2.05, 4.69) is 9.80 Å². The van der Waals surface area contributed by atoms with Gasteiger partial charge in [0.05, 0.1) is 12.5 Å². The minimum Gasteiger partial charge on any atom is -0.468 e. The molecule has 0 radical (unpaired) electrons. The van der Waals surface area contributed by atoms with Crippen LogP contribution in [0.3, 0.4) is 0 Å². The lowest BCUT2D eigenvalue weighted by atomic mass is 9.78. The minimum absolute atomic E-state index is 0.175. The van der Waals surface area contributed by atoms with Gasteiger partial charge in [0, 0.05) is 41.9 Å². The number of nitrogens with zero attached hydrogens (tertiary/aromatic N) is 2. The SMILES string of the molecule is COC(=O)C(C)(CCCN1CCN(c2cc(Cl)cc(Cl)c2)CC1)c1ccccc1. The van der Waals surface area contributed by atoms with Crippen molar-refractivity contribution >= 4 is 34.9 Å². The molecule has 1 unspecified atom stereocenters. The van der Waals surface area contributed by atoms with Gasteiger partial charge in [-0.1, -0.05) is 53.5 Å². The number of methoxy groups -OCH3 is 1. The normalized spacial score (nSPS) is 17.0. The molecule has 1 saturated heterocycles. The fourth-order valence-electron chi connectivity index (χ4n) is 4.00. The molecule has 0 N–H and O–H groups in total. The number of ether oxygens (including phenoxy) is 1. The number of hydrogen-bond donors (Lipinski definition) is 0. The molecule has 1 aliphatic heterocycles. The first-order valence-corrected chi connectivity index (χ1v) is 10.8. The van der Waals surface area contributed by atoms with Crippen LogP contribution in [0.4, 0.5) is 5.69 Å². The number of benzene rings is 2. The van der Waals surface area contributed by atoms with Gasteiger partial charge in [0.25, 0.3) is 0 Å². The van der Waals surface area contributed by atoms with Gasteiger partial charge in [-0.25, -0.2) is 0 Å². The quantitative estimate of drug-likeness (QED) is 0.572. The summed E-state index contributed by atoms with van der Waals surface area (Å²) in [6.45, 7) is 6.76. The molecule has 1 fully saturated rings. The Hall–Kier alpha value is -1.75. The number of rotatable bonds is 7.